The van der Waals surface area contributed by atoms with Crippen LogP contribution in [-0.4, -0.2) is 71.0 Å². The molecule has 4 aromatic rings. The summed E-state index contributed by atoms with van der Waals surface area (Å²) in [6.45, 7) is 7.59. The van der Waals surface area contributed by atoms with Crippen LogP contribution >= 0.6 is 24.2 Å². The molecule has 0 spiro atoms. The Morgan fingerprint density at radius 1 is 1.07 bits per heavy atom. The number of thioether (sulfide) groups is 1. The first-order valence-electron chi connectivity index (χ1n) is 14.5. The van der Waals surface area contributed by atoms with Gasteiger partial charge in [0.2, 0.25) is 0 Å². The van der Waals surface area contributed by atoms with E-state index in [0.717, 1.165) is 109 Å². The Hall–Kier alpha value is -2.65. The van der Waals surface area contributed by atoms with Gasteiger partial charge in [0.05, 0.1) is 11.4 Å². The van der Waals surface area contributed by atoms with Crippen LogP contribution in [-0.2, 0) is 25.7 Å². The lowest BCUT2D eigenvalue weighted by Gasteiger charge is -2.22. The van der Waals surface area contributed by atoms with E-state index in [2.05, 4.69) is 48.7 Å². The van der Waals surface area contributed by atoms with Crippen molar-refractivity contribution < 1.29 is 5.84 Å². The lowest BCUT2D eigenvalue weighted by molar-refractivity contribution is 0.289. The summed E-state index contributed by atoms with van der Waals surface area (Å²) in [5.41, 5.74) is 12.3. The van der Waals surface area contributed by atoms with E-state index >= 15 is 0 Å². The molecule has 1 aliphatic heterocycles. The highest BCUT2D eigenvalue weighted by molar-refractivity contribution is 7.99. The molecule has 3 heterocycles. The molecule has 0 amide bonds. The van der Waals surface area contributed by atoms with E-state index in [1.54, 1.807) is 0 Å². The Morgan fingerprint density at radius 2 is 1.83 bits per heavy atom. The molecule has 0 aliphatic carbocycles. The van der Waals surface area contributed by atoms with Crippen molar-refractivity contribution in [2.24, 2.45) is 5.73 Å². The van der Waals surface area contributed by atoms with Crippen molar-refractivity contribution in [3.05, 3.63) is 70.7 Å². The predicted octanol–water partition coefficient (Wildman–Crippen LogP) is 6.57. The standard InChI is InChI=1S/C31H39N5OS.CH5N.ClH.H2/c1-4-8-30-34-28-19-22-13-16-36(17-14-23(22)20-29(28)37-30)15-7-18-38-21-35(3)31(32)26-9-6-10-27-25(26)12-11-24(5-2)33-27;1-2;;/h6,9-12,19-20,32H,4-5,7-8,13-18,21H2,1-3H3;2H2,1H3;2*1H. The first-order valence-corrected chi connectivity index (χ1v) is 15.7. The number of aromatic nitrogens is 2. The second-order valence-corrected chi connectivity index (χ2v) is 11.3. The van der Waals surface area contributed by atoms with Gasteiger partial charge < -0.3 is 20.0 Å². The van der Waals surface area contributed by atoms with E-state index in [-0.39, 0.29) is 13.8 Å². The van der Waals surface area contributed by atoms with E-state index in [4.69, 9.17) is 19.8 Å². The third-order valence-electron chi connectivity index (χ3n) is 7.45. The molecule has 2 aromatic heterocycles. The smallest absolute Gasteiger partial charge is 0.195 e. The monoisotopic (exact) mass is 598 g/mol. The van der Waals surface area contributed by atoms with Crippen LogP contribution in [0.15, 0.2) is 46.9 Å². The van der Waals surface area contributed by atoms with E-state index in [1.165, 1.54) is 18.2 Å². The highest BCUT2D eigenvalue weighted by Gasteiger charge is 2.17. The van der Waals surface area contributed by atoms with Gasteiger partial charge in [0, 0.05) is 44.6 Å². The average Bonchev–Trinajstić information content (AvgIpc) is 3.27. The first kappa shape index (κ1) is 32.9. The lowest BCUT2D eigenvalue weighted by Crippen LogP contribution is -2.28. The topological polar surface area (TPSA) is 95.3 Å². The number of aryl methyl sites for hydroxylation is 2. The number of oxazole rings is 1. The Bertz CT molecular complexity index is 1390. The summed E-state index contributed by atoms with van der Waals surface area (Å²) in [7, 11) is 3.52. The molecule has 2 aromatic carbocycles. The summed E-state index contributed by atoms with van der Waals surface area (Å²) in [5, 5.41) is 9.84. The normalized spacial score (nSPS) is 13.2. The molecule has 0 fully saturated rings. The van der Waals surface area contributed by atoms with Crippen LogP contribution in [0.2, 0.25) is 0 Å². The van der Waals surface area contributed by atoms with Gasteiger partial charge in [-0.2, -0.15) is 0 Å². The van der Waals surface area contributed by atoms with Crippen LogP contribution in [0.3, 0.4) is 0 Å². The molecular formula is C32H47ClN6OS. The Morgan fingerprint density at radius 3 is 2.56 bits per heavy atom. The average molecular weight is 599 g/mol. The van der Waals surface area contributed by atoms with Crippen LogP contribution in [0.5, 0.6) is 0 Å². The number of rotatable bonds is 10. The fourth-order valence-corrected chi connectivity index (χ4v) is 6.11. The summed E-state index contributed by atoms with van der Waals surface area (Å²) in [6, 6.07) is 14.8. The number of fused-ring (bicyclic) bond motifs is 3. The fraction of sp³-hybridized carbons (Fsp3) is 0.469. The maximum absolute atomic E-state index is 8.78. The van der Waals surface area contributed by atoms with E-state index in [0.29, 0.717) is 5.84 Å². The predicted molar refractivity (Wildman–Crippen MR) is 179 cm³/mol. The molecule has 224 valence electrons. The van der Waals surface area contributed by atoms with Gasteiger partial charge >= 0.3 is 0 Å². The van der Waals surface area contributed by atoms with Crippen molar-refractivity contribution in [1.29, 1.82) is 5.41 Å². The minimum Gasteiger partial charge on any atom is -0.441 e. The zero-order valence-electron chi connectivity index (χ0n) is 24.9. The molecule has 3 N–H and O–H groups in total. The number of hydrogen-bond acceptors (Lipinski definition) is 7. The SMILES string of the molecule is CCCc1nc2cc3c(cc2o1)CCN(CCCSCN(C)C(=N)c1cccc2nc(CC)ccc12)CC3.CN.Cl.[HH]. The molecule has 0 bridgehead atoms. The number of amidine groups is 1. The number of nitrogens with zero attached hydrogens (tertiary/aromatic N) is 4. The molecule has 0 saturated carbocycles. The third-order valence-corrected chi connectivity index (χ3v) is 8.60. The largest absolute Gasteiger partial charge is 0.441 e. The van der Waals surface area contributed by atoms with Crippen LogP contribution in [0, 0.1) is 5.41 Å². The number of hydrogen-bond donors (Lipinski definition) is 2. The number of pyridine rings is 1. The highest BCUT2D eigenvalue weighted by atomic mass is 35.5. The maximum Gasteiger partial charge on any atom is 0.195 e. The van der Waals surface area contributed by atoms with Gasteiger partial charge in [0.1, 0.15) is 11.4 Å². The molecule has 0 saturated heterocycles. The van der Waals surface area contributed by atoms with Crippen molar-refractivity contribution >= 4 is 52.0 Å². The Balaban J connectivity index is 0.00000151. The Kier molecular flexibility index (Phi) is 12.9. The lowest BCUT2D eigenvalue weighted by atomic mass is 10.0. The van der Waals surface area contributed by atoms with E-state index < -0.39 is 0 Å². The van der Waals surface area contributed by atoms with Gasteiger partial charge in [-0.05, 0) is 86.8 Å². The van der Waals surface area contributed by atoms with E-state index in [1.807, 2.05) is 41.9 Å². The van der Waals surface area contributed by atoms with Gasteiger partial charge in [0.15, 0.2) is 11.5 Å². The molecular weight excluding hydrogens is 552 g/mol. The van der Waals surface area contributed by atoms with Gasteiger partial charge in [0.25, 0.3) is 0 Å². The van der Waals surface area contributed by atoms with Crippen molar-refractivity contribution in [2.75, 3.05) is 45.4 Å². The molecule has 0 atom stereocenters. The van der Waals surface area contributed by atoms with Crippen LogP contribution < -0.4 is 5.73 Å². The number of nitrogens with two attached hydrogens (primary N) is 1. The van der Waals surface area contributed by atoms with Crippen LogP contribution in [0.25, 0.3) is 22.0 Å². The van der Waals surface area contributed by atoms with Crippen molar-refractivity contribution in [2.45, 2.75) is 52.4 Å². The molecule has 7 nitrogen and oxygen atoms in total. The van der Waals surface area contributed by atoms with Gasteiger partial charge in [-0.25, -0.2) is 4.98 Å². The summed E-state index contributed by atoms with van der Waals surface area (Å²) in [4.78, 5) is 14.1. The summed E-state index contributed by atoms with van der Waals surface area (Å²) >= 11 is 1.91. The molecule has 5 rings (SSSR count). The zero-order valence-corrected chi connectivity index (χ0v) is 26.5. The number of halogens is 1. The van der Waals surface area contributed by atoms with Crippen molar-refractivity contribution in [3.63, 3.8) is 0 Å². The zero-order chi connectivity index (χ0) is 28.5. The number of benzene rings is 2. The van der Waals surface area contributed by atoms with Crippen molar-refractivity contribution in [3.8, 4) is 0 Å². The second-order valence-electron chi connectivity index (χ2n) is 10.3. The molecule has 1 aliphatic rings. The summed E-state index contributed by atoms with van der Waals surface area (Å²) in [5.74, 6) is 3.33. The molecule has 0 unspecified atom stereocenters. The van der Waals surface area contributed by atoms with Gasteiger partial charge in [-0.3, -0.25) is 10.4 Å². The molecule has 0 radical (unpaired) electrons. The molecule has 9 heteroatoms. The van der Waals surface area contributed by atoms with Crippen molar-refractivity contribution in [1.82, 2.24) is 19.8 Å². The fourth-order valence-electron chi connectivity index (χ4n) is 5.25. The highest BCUT2D eigenvalue weighted by Crippen LogP contribution is 2.25. The maximum atomic E-state index is 8.78. The minimum absolute atomic E-state index is 0. The van der Waals surface area contributed by atoms with Gasteiger partial charge in [-0.15, -0.1) is 24.2 Å². The summed E-state index contributed by atoms with van der Waals surface area (Å²) in [6.07, 6.45) is 6.19. The van der Waals surface area contributed by atoms with Crippen LogP contribution in [0.4, 0.5) is 0 Å². The van der Waals surface area contributed by atoms with Gasteiger partial charge in [-0.1, -0.05) is 32.0 Å². The van der Waals surface area contributed by atoms with E-state index in [9.17, 15) is 0 Å². The quantitative estimate of drug-likeness (QED) is 0.0922. The number of nitrogens with one attached hydrogen (secondary N) is 1. The first-order chi connectivity index (χ1) is 19.6. The second kappa shape index (κ2) is 16.1. The minimum atomic E-state index is 0. The van der Waals surface area contributed by atoms with Crippen LogP contribution in [0.1, 0.15) is 56.4 Å². The Labute approximate surface area is 256 Å². The summed E-state index contributed by atoms with van der Waals surface area (Å²) < 4.78 is 5.98. The molecule has 41 heavy (non-hydrogen) atoms. The third kappa shape index (κ3) is 8.22.